The Balaban J connectivity index is 3.15. The van der Waals surface area contributed by atoms with Gasteiger partial charge in [0, 0.05) is 11.6 Å². The van der Waals surface area contributed by atoms with Gasteiger partial charge in [0.2, 0.25) is 0 Å². The second-order valence-corrected chi connectivity index (χ2v) is 3.48. The number of alkyl halides is 6. The molecule has 0 aliphatic carbocycles. The first-order chi connectivity index (χ1) is 7.11. The Morgan fingerprint density at radius 1 is 1.06 bits per heavy atom. The van der Waals surface area contributed by atoms with Gasteiger partial charge in [-0.25, -0.2) is 0 Å². The van der Waals surface area contributed by atoms with Crippen LogP contribution in [0.2, 0.25) is 5.02 Å². The van der Waals surface area contributed by atoms with E-state index in [-0.39, 0.29) is 0 Å². The monoisotopic (exact) mass is 280 g/mol. The highest BCUT2D eigenvalue weighted by molar-refractivity contribution is 6.33. The molecule has 1 aromatic rings. The molecular formula is C8H3Cl2F5O. The maximum absolute atomic E-state index is 12.3. The molecule has 0 fully saturated rings. The predicted octanol–water partition coefficient (Wildman–Crippen LogP) is 4.53. The molecule has 0 amide bonds. The molecule has 0 atom stereocenters. The van der Waals surface area contributed by atoms with E-state index in [0.29, 0.717) is 6.07 Å². The van der Waals surface area contributed by atoms with E-state index in [1.807, 2.05) is 0 Å². The summed E-state index contributed by atoms with van der Waals surface area (Å²) in [7, 11) is 0. The second-order valence-electron chi connectivity index (χ2n) is 2.66. The standard InChI is InChI=1S/C8H3Cl2F5O/c9-6-4(7(11,12)13)2-1-3-5(6)16-8(10,14)15/h1-3H. The Kier molecular flexibility index (Phi) is 3.54. The molecule has 0 aromatic heterocycles. The van der Waals surface area contributed by atoms with Crippen LogP contribution >= 0.6 is 23.2 Å². The molecule has 0 aliphatic heterocycles. The third-order valence-corrected chi connectivity index (χ3v) is 1.96. The summed E-state index contributed by atoms with van der Waals surface area (Å²) in [5.41, 5.74) is -5.39. The molecule has 0 saturated carbocycles. The zero-order valence-electron chi connectivity index (χ0n) is 7.29. The van der Waals surface area contributed by atoms with Gasteiger partial charge in [-0.15, -0.1) is 8.78 Å². The highest BCUT2D eigenvalue weighted by atomic mass is 35.5. The van der Waals surface area contributed by atoms with Gasteiger partial charge in [0.15, 0.2) is 0 Å². The molecule has 0 heterocycles. The van der Waals surface area contributed by atoms with E-state index in [1.165, 1.54) is 0 Å². The van der Waals surface area contributed by atoms with E-state index in [1.54, 1.807) is 0 Å². The van der Waals surface area contributed by atoms with Gasteiger partial charge in [-0.3, -0.25) is 0 Å². The highest BCUT2D eigenvalue weighted by Gasteiger charge is 2.36. The lowest BCUT2D eigenvalue weighted by atomic mass is 10.2. The van der Waals surface area contributed by atoms with E-state index < -0.39 is 28.1 Å². The van der Waals surface area contributed by atoms with Crippen molar-refractivity contribution in [3.63, 3.8) is 0 Å². The lowest BCUT2D eigenvalue weighted by molar-refractivity contribution is -0.138. The Hall–Kier alpha value is -0.750. The average molecular weight is 281 g/mol. The van der Waals surface area contributed by atoms with Crippen molar-refractivity contribution >= 4 is 23.2 Å². The molecule has 0 spiro atoms. The largest absolute Gasteiger partial charge is 0.487 e. The molecule has 1 nitrogen and oxygen atoms in total. The molecule has 0 N–H and O–H groups in total. The third-order valence-electron chi connectivity index (χ3n) is 1.49. The van der Waals surface area contributed by atoms with Crippen molar-refractivity contribution < 1.29 is 26.7 Å². The van der Waals surface area contributed by atoms with Crippen molar-refractivity contribution in [1.82, 2.24) is 0 Å². The number of rotatable bonds is 2. The van der Waals surface area contributed by atoms with Crippen LogP contribution in [0.3, 0.4) is 0 Å². The lowest BCUT2D eigenvalue weighted by Crippen LogP contribution is -2.17. The molecule has 8 heteroatoms. The van der Waals surface area contributed by atoms with Gasteiger partial charge in [0.1, 0.15) is 5.75 Å². The number of halogens is 7. The van der Waals surface area contributed by atoms with Gasteiger partial charge in [-0.2, -0.15) is 13.2 Å². The van der Waals surface area contributed by atoms with Gasteiger partial charge >= 0.3 is 11.7 Å². The van der Waals surface area contributed by atoms with Gasteiger partial charge in [0.05, 0.1) is 10.6 Å². The smallest absolute Gasteiger partial charge is 0.418 e. The first kappa shape index (κ1) is 13.3. The van der Waals surface area contributed by atoms with Crippen molar-refractivity contribution in [2.24, 2.45) is 0 Å². The van der Waals surface area contributed by atoms with Crippen molar-refractivity contribution in [2.75, 3.05) is 0 Å². The third kappa shape index (κ3) is 3.38. The number of benzene rings is 1. The van der Waals surface area contributed by atoms with Crippen LogP contribution in [0.4, 0.5) is 22.0 Å². The van der Waals surface area contributed by atoms with E-state index in [4.69, 9.17) is 11.6 Å². The Bertz CT molecular complexity index is 385. The summed E-state index contributed by atoms with van der Waals surface area (Å²) in [4.78, 5) is 0. The normalized spacial score (nSPS) is 12.7. The topological polar surface area (TPSA) is 9.23 Å². The molecule has 90 valence electrons. The zero-order valence-corrected chi connectivity index (χ0v) is 8.80. The molecule has 0 aliphatic rings. The minimum absolute atomic E-state index is 0.640. The molecule has 0 unspecified atom stereocenters. The van der Waals surface area contributed by atoms with Gasteiger partial charge in [-0.1, -0.05) is 17.7 Å². The van der Waals surface area contributed by atoms with Crippen LogP contribution in [0.1, 0.15) is 5.56 Å². The summed E-state index contributed by atoms with van der Waals surface area (Å²) in [5, 5.41) is -0.963. The van der Waals surface area contributed by atoms with Crippen molar-refractivity contribution in [3.05, 3.63) is 28.8 Å². The fraction of sp³-hybridized carbons (Fsp3) is 0.250. The Morgan fingerprint density at radius 3 is 2.06 bits per heavy atom. The number of hydrogen-bond acceptors (Lipinski definition) is 1. The summed E-state index contributed by atoms with van der Waals surface area (Å²) in [6.45, 7) is 0. The summed E-state index contributed by atoms with van der Waals surface area (Å²) < 4.78 is 65.1. The quantitative estimate of drug-likeness (QED) is 0.571. The number of hydrogen-bond donors (Lipinski definition) is 0. The molecular weight excluding hydrogens is 278 g/mol. The van der Waals surface area contributed by atoms with Crippen LogP contribution in [-0.2, 0) is 6.18 Å². The van der Waals surface area contributed by atoms with Crippen LogP contribution in [-0.4, -0.2) is 5.57 Å². The second kappa shape index (κ2) is 4.25. The SMILES string of the molecule is FC(F)(Cl)Oc1cccc(C(F)(F)F)c1Cl. The van der Waals surface area contributed by atoms with E-state index in [0.717, 1.165) is 12.1 Å². The summed E-state index contributed by atoms with van der Waals surface area (Å²) >= 11 is 9.67. The summed E-state index contributed by atoms with van der Waals surface area (Å²) in [5.74, 6) is -0.837. The Labute approximate surface area is 96.7 Å². The maximum Gasteiger partial charge on any atom is 0.487 e. The van der Waals surface area contributed by atoms with Crippen LogP contribution in [0.25, 0.3) is 0 Å². The minimum Gasteiger partial charge on any atom is -0.418 e. The molecule has 0 radical (unpaired) electrons. The molecule has 1 rings (SSSR count). The highest BCUT2D eigenvalue weighted by Crippen LogP contribution is 2.40. The average Bonchev–Trinajstić information content (AvgIpc) is 2.04. The van der Waals surface area contributed by atoms with E-state index in [2.05, 4.69) is 16.3 Å². The summed E-state index contributed by atoms with van der Waals surface area (Å²) in [6, 6.07) is 2.38. The summed E-state index contributed by atoms with van der Waals surface area (Å²) in [6.07, 6.45) is -4.75. The zero-order chi connectivity index (χ0) is 12.6. The number of ether oxygens (including phenoxy) is 1. The van der Waals surface area contributed by atoms with Gasteiger partial charge in [0.25, 0.3) is 0 Å². The fourth-order valence-corrected chi connectivity index (χ4v) is 1.29. The van der Waals surface area contributed by atoms with Gasteiger partial charge in [-0.05, 0) is 12.1 Å². The van der Waals surface area contributed by atoms with E-state index in [9.17, 15) is 22.0 Å². The maximum atomic E-state index is 12.3. The van der Waals surface area contributed by atoms with E-state index >= 15 is 0 Å². The lowest BCUT2D eigenvalue weighted by Gasteiger charge is -2.15. The molecule has 0 saturated heterocycles. The predicted molar refractivity (Wildman–Crippen MR) is 47.9 cm³/mol. The van der Waals surface area contributed by atoms with Crippen LogP contribution < -0.4 is 4.74 Å². The molecule has 0 bridgehead atoms. The fourth-order valence-electron chi connectivity index (χ4n) is 0.933. The minimum atomic E-state index is -4.75. The molecule has 16 heavy (non-hydrogen) atoms. The van der Waals surface area contributed by atoms with Crippen molar-refractivity contribution in [1.29, 1.82) is 0 Å². The van der Waals surface area contributed by atoms with Crippen LogP contribution in [0.5, 0.6) is 5.75 Å². The first-order valence-corrected chi connectivity index (χ1v) is 4.48. The van der Waals surface area contributed by atoms with Crippen molar-refractivity contribution in [3.8, 4) is 5.75 Å². The Morgan fingerprint density at radius 2 is 1.62 bits per heavy atom. The van der Waals surface area contributed by atoms with Crippen LogP contribution in [0.15, 0.2) is 18.2 Å². The first-order valence-electron chi connectivity index (χ1n) is 3.73. The molecule has 1 aromatic carbocycles. The van der Waals surface area contributed by atoms with Gasteiger partial charge < -0.3 is 4.74 Å². The van der Waals surface area contributed by atoms with Crippen LogP contribution in [0, 0.1) is 0 Å². The van der Waals surface area contributed by atoms with Crippen molar-refractivity contribution in [2.45, 2.75) is 11.7 Å².